The molecular weight excluding hydrogens is 294 g/mol. The molecule has 0 radical (unpaired) electrons. The normalized spacial score (nSPS) is 12.7. The van der Waals surface area contributed by atoms with Crippen LogP contribution < -0.4 is 20.1 Å². The Balaban J connectivity index is 2.82. The number of anilines is 1. The summed E-state index contributed by atoms with van der Waals surface area (Å²) in [5.41, 5.74) is 0.129. The molecule has 7 heteroatoms. The summed E-state index contributed by atoms with van der Waals surface area (Å²) in [6, 6.07) is 3.95. The van der Waals surface area contributed by atoms with Gasteiger partial charge in [-0.25, -0.2) is 0 Å². The zero-order valence-corrected chi connectivity index (χ0v) is 13.4. The topological polar surface area (TPSA) is 59.6 Å². The molecule has 0 aliphatic carbocycles. The van der Waals surface area contributed by atoms with E-state index >= 15 is 0 Å². The van der Waals surface area contributed by atoms with Crippen LogP contribution in [0.3, 0.4) is 0 Å². The second-order valence-corrected chi connectivity index (χ2v) is 5.85. The van der Waals surface area contributed by atoms with Crippen molar-refractivity contribution in [1.29, 1.82) is 0 Å². The van der Waals surface area contributed by atoms with E-state index in [4.69, 9.17) is 4.74 Å². The van der Waals surface area contributed by atoms with Gasteiger partial charge in [0.2, 0.25) is 5.91 Å². The summed E-state index contributed by atoms with van der Waals surface area (Å²) in [5.74, 6) is -0.0942. The molecule has 1 aromatic rings. The molecule has 2 N–H and O–H groups in total. The minimum Gasteiger partial charge on any atom is -0.493 e. The zero-order chi connectivity index (χ0) is 16.9. The van der Waals surface area contributed by atoms with E-state index in [9.17, 15) is 13.6 Å². The van der Waals surface area contributed by atoms with E-state index in [1.54, 1.807) is 13.0 Å². The lowest BCUT2D eigenvalue weighted by atomic mass is 10.1. The van der Waals surface area contributed by atoms with E-state index in [1.165, 1.54) is 19.2 Å². The van der Waals surface area contributed by atoms with Gasteiger partial charge in [0, 0.05) is 17.3 Å². The van der Waals surface area contributed by atoms with E-state index in [2.05, 4.69) is 15.4 Å². The van der Waals surface area contributed by atoms with Gasteiger partial charge in [-0.1, -0.05) is 0 Å². The highest BCUT2D eigenvalue weighted by molar-refractivity contribution is 5.84. The van der Waals surface area contributed by atoms with Crippen molar-refractivity contribution >= 4 is 11.6 Å². The maximum Gasteiger partial charge on any atom is 0.387 e. The maximum absolute atomic E-state index is 12.4. The first-order chi connectivity index (χ1) is 10.1. The molecule has 0 heterocycles. The number of hydrogen-bond donors (Lipinski definition) is 2. The van der Waals surface area contributed by atoms with Gasteiger partial charge in [-0.05, 0) is 39.8 Å². The number of carbonyl (C=O) groups is 1. The van der Waals surface area contributed by atoms with E-state index in [-0.39, 0.29) is 22.9 Å². The Labute approximate surface area is 129 Å². The van der Waals surface area contributed by atoms with Crippen molar-refractivity contribution < 1.29 is 23.0 Å². The predicted molar refractivity (Wildman–Crippen MR) is 80.6 cm³/mol. The summed E-state index contributed by atoms with van der Waals surface area (Å²) in [4.78, 5) is 12.0. The smallest absolute Gasteiger partial charge is 0.387 e. The van der Waals surface area contributed by atoms with Gasteiger partial charge < -0.3 is 20.1 Å². The Bertz CT molecular complexity index is 516. The van der Waals surface area contributed by atoms with Crippen LogP contribution in [0, 0.1) is 0 Å². The SMILES string of the molecule is COc1ccc(NC(C)C(=O)NC(C)(C)C)cc1OC(F)F. The number of benzene rings is 1. The molecule has 0 aliphatic heterocycles. The van der Waals surface area contributed by atoms with Crippen molar-refractivity contribution in [2.75, 3.05) is 12.4 Å². The van der Waals surface area contributed by atoms with Crippen molar-refractivity contribution in [3.05, 3.63) is 18.2 Å². The van der Waals surface area contributed by atoms with Crippen LogP contribution in [0.1, 0.15) is 27.7 Å². The molecule has 124 valence electrons. The molecule has 1 aromatic carbocycles. The Morgan fingerprint density at radius 2 is 1.86 bits per heavy atom. The van der Waals surface area contributed by atoms with Gasteiger partial charge >= 0.3 is 6.61 Å². The first kappa shape index (κ1) is 18.0. The number of ether oxygens (including phenoxy) is 2. The molecule has 1 atom stereocenters. The minimum absolute atomic E-state index is 0.0917. The number of methoxy groups -OCH3 is 1. The Kier molecular flexibility index (Phi) is 5.96. The molecule has 0 saturated carbocycles. The lowest BCUT2D eigenvalue weighted by Crippen LogP contribution is -2.47. The maximum atomic E-state index is 12.4. The summed E-state index contributed by atoms with van der Waals surface area (Å²) >= 11 is 0. The molecule has 0 fully saturated rings. The Morgan fingerprint density at radius 3 is 2.36 bits per heavy atom. The number of rotatable bonds is 6. The van der Waals surface area contributed by atoms with Gasteiger partial charge in [0.15, 0.2) is 11.5 Å². The second kappa shape index (κ2) is 7.29. The van der Waals surface area contributed by atoms with E-state index in [0.717, 1.165) is 0 Å². The second-order valence-electron chi connectivity index (χ2n) is 5.85. The summed E-state index contributed by atoms with van der Waals surface area (Å²) in [5, 5.41) is 5.77. The van der Waals surface area contributed by atoms with Gasteiger partial charge in [-0.2, -0.15) is 8.78 Å². The molecule has 5 nitrogen and oxygen atoms in total. The van der Waals surface area contributed by atoms with Crippen LogP contribution >= 0.6 is 0 Å². The van der Waals surface area contributed by atoms with Crippen LogP contribution in [0.25, 0.3) is 0 Å². The summed E-state index contributed by atoms with van der Waals surface area (Å²) in [6.45, 7) is 4.35. The fraction of sp³-hybridized carbons (Fsp3) is 0.533. The molecule has 0 saturated heterocycles. The lowest BCUT2D eigenvalue weighted by Gasteiger charge is -2.24. The first-order valence-electron chi connectivity index (χ1n) is 6.84. The highest BCUT2D eigenvalue weighted by Crippen LogP contribution is 2.31. The molecule has 0 aromatic heterocycles. The van der Waals surface area contributed by atoms with Gasteiger partial charge in [-0.3, -0.25) is 4.79 Å². The molecule has 1 rings (SSSR count). The molecule has 1 unspecified atom stereocenters. The standard InChI is InChI=1S/C15H22F2N2O3/c1-9(13(20)19-15(2,3)4)18-10-6-7-11(21-5)12(8-10)22-14(16)17/h6-9,14,18H,1-5H3,(H,19,20). The molecule has 0 bridgehead atoms. The van der Waals surface area contributed by atoms with Crippen molar-refractivity contribution in [1.82, 2.24) is 5.32 Å². The highest BCUT2D eigenvalue weighted by atomic mass is 19.3. The van der Waals surface area contributed by atoms with Crippen LogP contribution in [0.15, 0.2) is 18.2 Å². The first-order valence-corrected chi connectivity index (χ1v) is 6.84. The van der Waals surface area contributed by atoms with Crippen LogP contribution in [0.4, 0.5) is 14.5 Å². The van der Waals surface area contributed by atoms with Crippen molar-refractivity contribution in [2.24, 2.45) is 0 Å². The van der Waals surface area contributed by atoms with E-state index in [1.807, 2.05) is 20.8 Å². The van der Waals surface area contributed by atoms with Gasteiger partial charge in [-0.15, -0.1) is 0 Å². The molecule has 0 aliphatic rings. The quantitative estimate of drug-likeness (QED) is 0.847. The number of halogens is 2. The average Bonchev–Trinajstić information content (AvgIpc) is 2.36. The largest absolute Gasteiger partial charge is 0.493 e. The molecular formula is C15H22F2N2O3. The van der Waals surface area contributed by atoms with E-state index < -0.39 is 12.7 Å². The number of carbonyl (C=O) groups excluding carboxylic acids is 1. The van der Waals surface area contributed by atoms with Crippen LogP contribution in [-0.4, -0.2) is 31.2 Å². The summed E-state index contributed by atoms with van der Waals surface area (Å²) in [6.07, 6.45) is 0. The monoisotopic (exact) mass is 316 g/mol. The van der Waals surface area contributed by atoms with Gasteiger partial charge in [0.25, 0.3) is 0 Å². The fourth-order valence-electron chi connectivity index (χ4n) is 1.75. The zero-order valence-electron chi connectivity index (χ0n) is 13.4. The minimum atomic E-state index is -2.95. The van der Waals surface area contributed by atoms with Crippen molar-refractivity contribution in [3.8, 4) is 11.5 Å². The summed E-state index contributed by atoms with van der Waals surface area (Å²) in [7, 11) is 1.36. The van der Waals surface area contributed by atoms with Crippen LogP contribution in [-0.2, 0) is 4.79 Å². The van der Waals surface area contributed by atoms with E-state index in [0.29, 0.717) is 5.69 Å². The molecule has 0 spiro atoms. The fourth-order valence-corrected chi connectivity index (χ4v) is 1.75. The predicted octanol–water partition coefficient (Wildman–Crippen LogP) is 3.01. The number of nitrogens with one attached hydrogen (secondary N) is 2. The van der Waals surface area contributed by atoms with Crippen molar-refractivity contribution in [3.63, 3.8) is 0 Å². The third-order valence-electron chi connectivity index (χ3n) is 2.65. The van der Waals surface area contributed by atoms with Gasteiger partial charge in [0.1, 0.15) is 6.04 Å². The van der Waals surface area contributed by atoms with Gasteiger partial charge in [0.05, 0.1) is 7.11 Å². The number of hydrogen-bond acceptors (Lipinski definition) is 4. The molecule has 22 heavy (non-hydrogen) atoms. The highest BCUT2D eigenvalue weighted by Gasteiger charge is 2.19. The lowest BCUT2D eigenvalue weighted by molar-refractivity contribution is -0.122. The Morgan fingerprint density at radius 1 is 1.23 bits per heavy atom. The summed E-state index contributed by atoms with van der Waals surface area (Å²) < 4.78 is 34.1. The third-order valence-corrected chi connectivity index (χ3v) is 2.65. The number of amides is 1. The molecule has 1 amide bonds. The Hall–Kier alpha value is -2.05. The van der Waals surface area contributed by atoms with Crippen LogP contribution in [0.5, 0.6) is 11.5 Å². The number of alkyl halides is 2. The van der Waals surface area contributed by atoms with Crippen molar-refractivity contribution in [2.45, 2.75) is 45.9 Å². The van der Waals surface area contributed by atoms with Crippen LogP contribution in [0.2, 0.25) is 0 Å². The third kappa shape index (κ3) is 5.75. The average molecular weight is 316 g/mol.